The first kappa shape index (κ1) is 12.3. The Morgan fingerprint density at radius 1 is 1.60 bits per heavy atom. The predicted octanol–water partition coefficient (Wildman–Crippen LogP) is 0.178. The van der Waals surface area contributed by atoms with E-state index in [0.717, 1.165) is 0 Å². The zero-order valence-corrected chi connectivity index (χ0v) is 5.29. The molecule has 0 spiro atoms. The molecule has 0 aromatic carbocycles. The quantitative estimate of drug-likeness (QED) is 0.432. The summed E-state index contributed by atoms with van der Waals surface area (Å²) >= 11 is 0. The van der Waals surface area contributed by atoms with Crippen LogP contribution in [0.3, 0.4) is 0 Å². The van der Waals surface area contributed by atoms with Gasteiger partial charge in [-0.15, -0.1) is 6.58 Å². The minimum absolute atomic E-state index is 0. The fraction of sp³-hybridized carbons (Fsp3) is 0.714. The van der Waals surface area contributed by atoms with E-state index in [1.165, 1.54) is 0 Å². The average Bonchev–Trinajstić information content (AvgIpc) is 1.89. The summed E-state index contributed by atoms with van der Waals surface area (Å²) < 4.78 is 4.81. The highest BCUT2D eigenvalue weighted by Crippen LogP contribution is 1.82. The SMILES string of the molecule is C.C=CCOCC(O)CO. The van der Waals surface area contributed by atoms with E-state index in [1.807, 2.05) is 0 Å². The first-order valence-corrected chi connectivity index (χ1v) is 2.78. The fourth-order valence-electron chi connectivity index (χ4n) is 0.340. The Morgan fingerprint density at radius 2 is 2.20 bits per heavy atom. The van der Waals surface area contributed by atoms with Gasteiger partial charge in [-0.2, -0.15) is 0 Å². The maximum absolute atomic E-state index is 8.68. The highest BCUT2D eigenvalue weighted by Gasteiger charge is 1.98. The summed E-state index contributed by atoms with van der Waals surface area (Å²) in [5.41, 5.74) is 0. The van der Waals surface area contributed by atoms with Gasteiger partial charge in [0.05, 0.1) is 19.8 Å². The van der Waals surface area contributed by atoms with Gasteiger partial charge in [0.2, 0.25) is 0 Å². The number of aliphatic hydroxyl groups is 2. The summed E-state index contributed by atoms with van der Waals surface area (Å²) in [6.07, 6.45) is 0.828. The van der Waals surface area contributed by atoms with Gasteiger partial charge < -0.3 is 14.9 Å². The van der Waals surface area contributed by atoms with Crippen LogP contribution in [0.25, 0.3) is 0 Å². The number of hydrogen-bond acceptors (Lipinski definition) is 3. The predicted molar refractivity (Wildman–Crippen MR) is 40.8 cm³/mol. The van der Waals surface area contributed by atoms with Crippen molar-refractivity contribution in [3.05, 3.63) is 12.7 Å². The summed E-state index contributed by atoms with van der Waals surface area (Å²) in [5.74, 6) is 0. The molecule has 1 unspecified atom stereocenters. The first-order chi connectivity index (χ1) is 4.31. The molecule has 2 N–H and O–H groups in total. The zero-order valence-electron chi connectivity index (χ0n) is 5.29. The third-order valence-electron chi connectivity index (χ3n) is 0.757. The van der Waals surface area contributed by atoms with Gasteiger partial charge in [-0.1, -0.05) is 13.5 Å². The van der Waals surface area contributed by atoms with E-state index in [-0.39, 0.29) is 20.6 Å². The lowest BCUT2D eigenvalue weighted by Gasteiger charge is -2.04. The molecular formula is C7H16O3. The Labute approximate surface area is 61.9 Å². The molecule has 0 aliphatic heterocycles. The molecule has 0 aromatic rings. The van der Waals surface area contributed by atoms with Gasteiger partial charge in [0, 0.05) is 0 Å². The molecule has 3 heteroatoms. The summed E-state index contributed by atoms with van der Waals surface area (Å²) in [7, 11) is 0. The van der Waals surface area contributed by atoms with Crippen LogP contribution in [-0.2, 0) is 4.74 Å². The molecule has 0 fully saturated rings. The van der Waals surface area contributed by atoms with Crippen molar-refractivity contribution in [3.63, 3.8) is 0 Å². The lowest BCUT2D eigenvalue weighted by Crippen LogP contribution is -2.19. The fourth-order valence-corrected chi connectivity index (χ4v) is 0.340. The second-order valence-electron chi connectivity index (χ2n) is 1.66. The van der Waals surface area contributed by atoms with E-state index in [1.54, 1.807) is 6.08 Å². The average molecular weight is 148 g/mol. The topological polar surface area (TPSA) is 49.7 Å². The van der Waals surface area contributed by atoms with Gasteiger partial charge in [-0.25, -0.2) is 0 Å². The monoisotopic (exact) mass is 148 g/mol. The Bertz CT molecular complexity index is 73.3. The van der Waals surface area contributed by atoms with E-state index in [4.69, 9.17) is 14.9 Å². The number of aliphatic hydroxyl groups excluding tert-OH is 2. The summed E-state index contributed by atoms with van der Waals surface area (Å²) in [4.78, 5) is 0. The third-order valence-corrected chi connectivity index (χ3v) is 0.757. The molecule has 0 bridgehead atoms. The van der Waals surface area contributed by atoms with Gasteiger partial charge in [-0.3, -0.25) is 0 Å². The molecule has 0 amide bonds. The van der Waals surface area contributed by atoms with Crippen LogP contribution in [0.4, 0.5) is 0 Å². The van der Waals surface area contributed by atoms with Gasteiger partial charge in [0.1, 0.15) is 6.10 Å². The summed E-state index contributed by atoms with van der Waals surface area (Å²) in [6.45, 7) is 3.74. The van der Waals surface area contributed by atoms with Crippen LogP contribution in [0.1, 0.15) is 7.43 Å². The molecular weight excluding hydrogens is 132 g/mol. The van der Waals surface area contributed by atoms with Crippen LogP contribution in [0, 0.1) is 0 Å². The molecule has 0 saturated carbocycles. The number of hydrogen-bond donors (Lipinski definition) is 2. The minimum Gasteiger partial charge on any atom is -0.394 e. The molecule has 0 aromatic heterocycles. The van der Waals surface area contributed by atoms with Gasteiger partial charge in [-0.05, 0) is 0 Å². The maximum atomic E-state index is 8.68. The van der Waals surface area contributed by atoms with Crippen molar-refractivity contribution in [2.45, 2.75) is 13.5 Å². The highest BCUT2D eigenvalue weighted by atomic mass is 16.5. The van der Waals surface area contributed by atoms with Crippen molar-refractivity contribution >= 4 is 0 Å². The molecule has 0 radical (unpaired) electrons. The van der Waals surface area contributed by atoms with Crippen molar-refractivity contribution < 1.29 is 14.9 Å². The van der Waals surface area contributed by atoms with E-state index < -0.39 is 6.10 Å². The lowest BCUT2D eigenvalue weighted by atomic mass is 10.4. The van der Waals surface area contributed by atoms with Crippen molar-refractivity contribution in [2.75, 3.05) is 19.8 Å². The molecule has 0 saturated heterocycles. The van der Waals surface area contributed by atoms with E-state index in [9.17, 15) is 0 Å². The van der Waals surface area contributed by atoms with Gasteiger partial charge in [0.15, 0.2) is 0 Å². The zero-order chi connectivity index (χ0) is 7.11. The third kappa shape index (κ3) is 7.62. The maximum Gasteiger partial charge on any atom is 0.100 e. The minimum atomic E-state index is -0.759. The van der Waals surface area contributed by atoms with E-state index >= 15 is 0 Å². The van der Waals surface area contributed by atoms with Crippen molar-refractivity contribution in [2.24, 2.45) is 0 Å². The lowest BCUT2D eigenvalue weighted by molar-refractivity contribution is 0.0150. The Kier molecular flexibility index (Phi) is 10.6. The Morgan fingerprint density at radius 3 is 2.60 bits per heavy atom. The summed E-state index contributed by atoms with van der Waals surface area (Å²) in [6, 6.07) is 0. The van der Waals surface area contributed by atoms with Crippen LogP contribution >= 0.6 is 0 Å². The highest BCUT2D eigenvalue weighted by molar-refractivity contribution is 4.64. The van der Waals surface area contributed by atoms with Crippen LogP contribution < -0.4 is 0 Å². The van der Waals surface area contributed by atoms with Crippen LogP contribution in [0.2, 0.25) is 0 Å². The second kappa shape index (κ2) is 8.62. The molecule has 0 aliphatic carbocycles. The Balaban J connectivity index is 0. The number of ether oxygens (including phenoxy) is 1. The van der Waals surface area contributed by atoms with Crippen LogP contribution in [0.5, 0.6) is 0 Å². The van der Waals surface area contributed by atoms with Crippen molar-refractivity contribution in [3.8, 4) is 0 Å². The normalized spacial score (nSPS) is 11.8. The van der Waals surface area contributed by atoms with E-state index in [0.29, 0.717) is 6.61 Å². The van der Waals surface area contributed by atoms with Crippen LogP contribution in [0.15, 0.2) is 12.7 Å². The largest absolute Gasteiger partial charge is 0.394 e. The molecule has 0 heterocycles. The second-order valence-corrected chi connectivity index (χ2v) is 1.66. The first-order valence-electron chi connectivity index (χ1n) is 2.78. The molecule has 0 rings (SSSR count). The van der Waals surface area contributed by atoms with Gasteiger partial charge in [0.25, 0.3) is 0 Å². The number of rotatable bonds is 5. The molecule has 10 heavy (non-hydrogen) atoms. The molecule has 1 atom stereocenters. The molecule has 3 nitrogen and oxygen atoms in total. The Hall–Kier alpha value is -0.380. The molecule has 0 aliphatic rings. The van der Waals surface area contributed by atoms with Crippen molar-refractivity contribution in [1.29, 1.82) is 0 Å². The van der Waals surface area contributed by atoms with Crippen LogP contribution in [-0.4, -0.2) is 36.1 Å². The molecule has 62 valence electrons. The standard InChI is InChI=1S/C6H12O3.CH4/c1-2-3-9-5-6(8)4-7;/h2,6-8H,1,3-5H2;1H4. The van der Waals surface area contributed by atoms with Crippen molar-refractivity contribution in [1.82, 2.24) is 0 Å². The smallest absolute Gasteiger partial charge is 0.100 e. The summed E-state index contributed by atoms with van der Waals surface area (Å²) in [5, 5.41) is 17.0. The van der Waals surface area contributed by atoms with E-state index in [2.05, 4.69) is 6.58 Å². The van der Waals surface area contributed by atoms with Gasteiger partial charge >= 0.3 is 0 Å².